The summed E-state index contributed by atoms with van der Waals surface area (Å²) in [6.45, 7) is 5.22. The van der Waals surface area contributed by atoms with E-state index in [9.17, 15) is 9.59 Å². The maximum atomic E-state index is 13.4. The number of rotatable bonds is 7. The lowest BCUT2D eigenvalue weighted by Crippen LogP contribution is -2.51. The predicted octanol–water partition coefficient (Wildman–Crippen LogP) is 4.46. The van der Waals surface area contributed by atoms with Gasteiger partial charge in [-0.05, 0) is 41.0 Å². The number of likely N-dealkylation sites (tertiary alicyclic amines) is 1. The van der Waals surface area contributed by atoms with Crippen LogP contribution in [0.1, 0.15) is 50.2 Å². The molecule has 9 heteroatoms. The van der Waals surface area contributed by atoms with E-state index in [0.717, 1.165) is 47.6 Å². The smallest absolute Gasteiger partial charge is 0.407 e. The molecule has 9 nitrogen and oxygen atoms in total. The molecule has 1 saturated heterocycles. The second kappa shape index (κ2) is 11.1. The van der Waals surface area contributed by atoms with Crippen LogP contribution < -0.4 is 10.6 Å². The van der Waals surface area contributed by atoms with E-state index in [0.29, 0.717) is 6.54 Å². The van der Waals surface area contributed by atoms with Crippen molar-refractivity contribution >= 4 is 18.3 Å². The molecular formula is C29H34N6O3. The van der Waals surface area contributed by atoms with Crippen molar-refractivity contribution in [2.45, 2.75) is 44.8 Å². The monoisotopic (exact) mass is 514 g/mol. The second-order valence-corrected chi connectivity index (χ2v) is 10.1. The van der Waals surface area contributed by atoms with Crippen LogP contribution in [0.25, 0.3) is 22.4 Å². The lowest BCUT2D eigenvalue weighted by Gasteiger charge is -2.30. The number of hydrogen-bond acceptors (Lipinski definition) is 6. The van der Waals surface area contributed by atoms with Crippen LogP contribution in [0.5, 0.6) is 0 Å². The van der Waals surface area contributed by atoms with Gasteiger partial charge in [-0.2, -0.15) is 0 Å². The molecular weight excluding hydrogens is 480 g/mol. The second-order valence-electron chi connectivity index (χ2n) is 10.1. The third-order valence-corrected chi connectivity index (χ3v) is 7.34. The first-order chi connectivity index (χ1) is 18.4. The number of nitrogens with one attached hydrogen (secondary N) is 3. The number of methoxy groups -OCH3 is 1. The molecule has 0 saturated carbocycles. The first-order valence-corrected chi connectivity index (χ1v) is 13.1. The molecule has 1 fully saturated rings. The van der Waals surface area contributed by atoms with Crippen LogP contribution in [-0.2, 0) is 9.53 Å². The Bertz CT molecular complexity index is 1290. The number of aromatic nitrogens is 2. The number of carbonyl (C=O) groups is 2. The maximum absolute atomic E-state index is 13.4. The van der Waals surface area contributed by atoms with Crippen LogP contribution in [-0.4, -0.2) is 59.4 Å². The van der Waals surface area contributed by atoms with Gasteiger partial charge in [-0.1, -0.05) is 62.4 Å². The summed E-state index contributed by atoms with van der Waals surface area (Å²) in [7, 11) is 1.30. The number of ether oxygens (including phenoxy) is 1. The molecule has 0 aliphatic carbocycles. The van der Waals surface area contributed by atoms with E-state index in [-0.39, 0.29) is 23.9 Å². The summed E-state index contributed by atoms with van der Waals surface area (Å²) in [5.41, 5.74) is 5.46. The van der Waals surface area contributed by atoms with Crippen LogP contribution in [0, 0.1) is 5.92 Å². The van der Waals surface area contributed by atoms with Gasteiger partial charge in [0.2, 0.25) is 5.91 Å². The molecule has 2 amide bonds. The lowest BCUT2D eigenvalue weighted by molar-refractivity contribution is -0.135. The zero-order chi connectivity index (χ0) is 26.6. The first kappa shape index (κ1) is 25.5. The van der Waals surface area contributed by atoms with Crippen LogP contribution in [0.3, 0.4) is 0 Å². The molecule has 5 rings (SSSR count). The highest BCUT2D eigenvalue weighted by Gasteiger charge is 2.37. The molecule has 0 bridgehead atoms. The molecule has 0 spiro atoms. The molecule has 2 aliphatic heterocycles. The van der Waals surface area contributed by atoms with Crippen molar-refractivity contribution < 1.29 is 14.3 Å². The van der Waals surface area contributed by atoms with Crippen molar-refractivity contribution in [3.63, 3.8) is 0 Å². The average Bonchev–Trinajstić information content (AvgIpc) is 3.73. The highest BCUT2D eigenvalue weighted by atomic mass is 16.5. The normalized spacial score (nSPS) is 19.4. The minimum Gasteiger partial charge on any atom is -0.453 e. The van der Waals surface area contributed by atoms with E-state index in [4.69, 9.17) is 4.74 Å². The van der Waals surface area contributed by atoms with E-state index in [1.54, 1.807) is 6.34 Å². The number of carbonyl (C=O) groups excluding carboxylic acids is 2. The van der Waals surface area contributed by atoms with Crippen molar-refractivity contribution in [1.82, 2.24) is 25.5 Å². The fraction of sp³-hybridized carbons (Fsp3) is 0.379. The lowest BCUT2D eigenvalue weighted by atomic mass is 10.00. The van der Waals surface area contributed by atoms with Crippen molar-refractivity contribution in [1.29, 1.82) is 0 Å². The summed E-state index contributed by atoms with van der Waals surface area (Å²) in [6.07, 6.45) is 4.69. The first-order valence-electron chi connectivity index (χ1n) is 13.1. The Kier molecular flexibility index (Phi) is 7.44. The van der Waals surface area contributed by atoms with Crippen LogP contribution in [0.15, 0.2) is 59.7 Å². The van der Waals surface area contributed by atoms with Crippen molar-refractivity contribution in [2.75, 3.05) is 20.2 Å². The summed E-state index contributed by atoms with van der Waals surface area (Å²) in [5, 5.41) is 5.95. The van der Waals surface area contributed by atoms with E-state index in [1.807, 2.05) is 24.9 Å². The minimum atomic E-state index is -0.651. The number of amides is 2. The van der Waals surface area contributed by atoms with Gasteiger partial charge in [0.15, 0.2) is 0 Å². The summed E-state index contributed by atoms with van der Waals surface area (Å²) >= 11 is 0. The summed E-state index contributed by atoms with van der Waals surface area (Å²) in [4.78, 5) is 39.3. The van der Waals surface area contributed by atoms with Crippen LogP contribution in [0.4, 0.5) is 4.79 Å². The van der Waals surface area contributed by atoms with Gasteiger partial charge in [-0.15, -0.1) is 0 Å². The number of imidazole rings is 1. The summed E-state index contributed by atoms with van der Waals surface area (Å²) in [5.74, 6) is 0.575. The molecule has 3 atom stereocenters. The van der Waals surface area contributed by atoms with E-state index < -0.39 is 12.1 Å². The number of H-pyrrole nitrogens is 1. The van der Waals surface area contributed by atoms with E-state index >= 15 is 0 Å². The Morgan fingerprint density at radius 1 is 1.05 bits per heavy atom. The van der Waals surface area contributed by atoms with E-state index in [2.05, 4.69) is 74.1 Å². The summed E-state index contributed by atoms with van der Waals surface area (Å²) < 4.78 is 4.72. The van der Waals surface area contributed by atoms with Crippen molar-refractivity contribution in [3.05, 3.63) is 66.1 Å². The highest BCUT2D eigenvalue weighted by molar-refractivity contribution is 5.86. The van der Waals surface area contributed by atoms with Gasteiger partial charge in [0.1, 0.15) is 11.9 Å². The predicted molar refractivity (Wildman–Crippen MR) is 147 cm³/mol. The molecule has 3 N–H and O–H groups in total. The SMILES string of the molecule is COC(=O)N[C@H](C(=O)N1CCC[C@H]1c1ncc(-c2ccc(-c3ccc(C4CN=CN4)cc3)cc2)[nH]1)C(C)C. The molecule has 3 heterocycles. The molecule has 2 aromatic carbocycles. The third kappa shape index (κ3) is 5.27. The molecule has 3 aromatic rings. The van der Waals surface area contributed by atoms with Gasteiger partial charge in [-0.3, -0.25) is 9.79 Å². The van der Waals surface area contributed by atoms with Crippen LogP contribution in [0.2, 0.25) is 0 Å². The number of aliphatic imine (C=N–C) groups is 1. The number of nitrogens with zero attached hydrogens (tertiary/aromatic N) is 3. The van der Waals surface area contributed by atoms with Crippen LogP contribution >= 0.6 is 0 Å². The standard InChI is InChI=1S/C29H34N6O3/c1-18(2)26(34-29(37)38-3)28(36)35-14-4-5-25(35)27-31-16-24(33-27)22-12-8-20(9-13-22)19-6-10-21(11-7-19)23-15-30-17-32-23/h6-13,16-18,23,25-26H,4-5,14-15H2,1-3H3,(H,30,32)(H,31,33)(H,34,37)/t23?,25-,26-/m0/s1. The Balaban J connectivity index is 1.28. The van der Waals surface area contributed by atoms with E-state index in [1.165, 1.54) is 12.7 Å². The van der Waals surface area contributed by atoms with Crippen molar-refractivity contribution in [3.8, 4) is 22.4 Å². The van der Waals surface area contributed by atoms with Gasteiger partial charge in [0.05, 0.1) is 44.0 Å². The van der Waals surface area contributed by atoms with Crippen molar-refractivity contribution in [2.24, 2.45) is 10.9 Å². The van der Waals surface area contributed by atoms with Gasteiger partial charge in [0.25, 0.3) is 0 Å². The molecule has 38 heavy (non-hydrogen) atoms. The zero-order valence-electron chi connectivity index (χ0n) is 22.0. The molecule has 1 unspecified atom stereocenters. The Morgan fingerprint density at radius 3 is 2.37 bits per heavy atom. The molecule has 198 valence electrons. The van der Waals surface area contributed by atoms with Gasteiger partial charge >= 0.3 is 6.09 Å². The van der Waals surface area contributed by atoms with Gasteiger partial charge < -0.3 is 25.3 Å². The number of alkyl carbamates (subject to hydrolysis) is 1. The average molecular weight is 515 g/mol. The molecule has 1 aromatic heterocycles. The fourth-order valence-electron chi connectivity index (χ4n) is 5.15. The molecule has 2 aliphatic rings. The highest BCUT2D eigenvalue weighted by Crippen LogP contribution is 2.33. The van der Waals surface area contributed by atoms with Gasteiger partial charge in [-0.25, -0.2) is 9.78 Å². The minimum absolute atomic E-state index is 0.0712. The fourth-order valence-corrected chi connectivity index (χ4v) is 5.15. The summed E-state index contributed by atoms with van der Waals surface area (Å²) in [6, 6.07) is 16.4. The third-order valence-electron chi connectivity index (χ3n) is 7.34. The number of hydrogen-bond donors (Lipinski definition) is 3. The zero-order valence-corrected chi connectivity index (χ0v) is 22.0. The number of benzene rings is 2. The maximum Gasteiger partial charge on any atom is 0.407 e. The Hall–Kier alpha value is -4.14. The Labute approximate surface area is 222 Å². The topological polar surface area (TPSA) is 112 Å². The number of aromatic amines is 1. The van der Waals surface area contributed by atoms with Gasteiger partial charge in [0, 0.05) is 6.54 Å². The quantitative estimate of drug-likeness (QED) is 0.431. The molecule has 0 radical (unpaired) electrons. The Morgan fingerprint density at radius 2 is 1.74 bits per heavy atom. The largest absolute Gasteiger partial charge is 0.453 e.